The van der Waals surface area contributed by atoms with Crippen molar-refractivity contribution in [2.45, 2.75) is 64.5 Å². The van der Waals surface area contributed by atoms with Gasteiger partial charge in [0.1, 0.15) is 5.60 Å². The molecule has 0 radical (unpaired) electrons. The summed E-state index contributed by atoms with van der Waals surface area (Å²) >= 11 is 0. The summed E-state index contributed by atoms with van der Waals surface area (Å²) in [5.74, 6) is 0.180. The first-order valence-corrected chi connectivity index (χ1v) is 9.21. The largest absolute Gasteiger partial charge is 0.444 e. The quantitative estimate of drug-likeness (QED) is 0.817. The average molecular weight is 344 g/mol. The number of anilines is 1. The molecule has 2 aliphatic heterocycles. The standard InChI is InChI=1S/C20H28N2O3/c1-5-15-16-8-6-7-9-17(16)22(18(15)23)14-10-12-21(13-11-14)19(24)25-20(2,3)4/h6-9,14-15H,5,10-13H2,1-4H3/t15-/m0/s1. The molecule has 0 bridgehead atoms. The lowest BCUT2D eigenvalue weighted by atomic mass is 9.98. The Kier molecular flexibility index (Phi) is 4.76. The number of fused-ring (bicyclic) bond motifs is 1. The topological polar surface area (TPSA) is 49.9 Å². The molecule has 2 aliphatic rings. The van der Waals surface area contributed by atoms with Crippen LogP contribution in [0, 0.1) is 0 Å². The van der Waals surface area contributed by atoms with E-state index in [0.717, 1.165) is 30.5 Å². The summed E-state index contributed by atoms with van der Waals surface area (Å²) in [5.41, 5.74) is 1.71. The van der Waals surface area contributed by atoms with Crippen LogP contribution in [0.3, 0.4) is 0 Å². The third-order valence-corrected chi connectivity index (χ3v) is 5.00. The summed E-state index contributed by atoms with van der Waals surface area (Å²) in [5, 5.41) is 0. The zero-order valence-electron chi connectivity index (χ0n) is 15.6. The lowest BCUT2D eigenvalue weighted by Gasteiger charge is -2.37. The molecule has 1 saturated heterocycles. The number of hydrogen-bond acceptors (Lipinski definition) is 3. The molecule has 3 rings (SSSR count). The number of hydrogen-bond donors (Lipinski definition) is 0. The Labute approximate surface area is 149 Å². The van der Waals surface area contributed by atoms with E-state index in [-0.39, 0.29) is 24.0 Å². The number of rotatable bonds is 2. The lowest BCUT2D eigenvalue weighted by molar-refractivity contribution is -0.120. The molecule has 0 aliphatic carbocycles. The van der Waals surface area contributed by atoms with Gasteiger partial charge in [0.05, 0.1) is 5.92 Å². The zero-order chi connectivity index (χ0) is 18.2. The molecule has 0 unspecified atom stereocenters. The molecule has 1 aromatic rings. The van der Waals surface area contributed by atoms with Crippen molar-refractivity contribution in [1.82, 2.24) is 4.90 Å². The maximum atomic E-state index is 12.9. The van der Waals surface area contributed by atoms with Crippen molar-refractivity contribution in [1.29, 1.82) is 0 Å². The summed E-state index contributed by atoms with van der Waals surface area (Å²) in [7, 11) is 0. The summed E-state index contributed by atoms with van der Waals surface area (Å²) < 4.78 is 5.46. The predicted octanol–water partition coefficient (Wildman–Crippen LogP) is 3.93. The Morgan fingerprint density at radius 3 is 2.44 bits per heavy atom. The SMILES string of the molecule is CC[C@@H]1C(=O)N(C2CCN(C(=O)OC(C)(C)C)CC2)c2ccccc21. The van der Waals surface area contributed by atoms with Gasteiger partial charge < -0.3 is 14.5 Å². The first-order valence-electron chi connectivity index (χ1n) is 9.21. The molecule has 0 spiro atoms. The smallest absolute Gasteiger partial charge is 0.410 e. The molecular weight excluding hydrogens is 316 g/mol. The molecule has 136 valence electrons. The molecule has 5 nitrogen and oxygen atoms in total. The average Bonchev–Trinajstić information content (AvgIpc) is 2.84. The summed E-state index contributed by atoms with van der Waals surface area (Å²) in [4.78, 5) is 28.9. The molecule has 1 fully saturated rings. The number of carbonyl (C=O) groups excluding carboxylic acids is 2. The fourth-order valence-electron chi connectivity index (χ4n) is 3.83. The monoisotopic (exact) mass is 344 g/mol. The van der Waals surface area contributed by atoms with Gasteiger partial charge in [0.25, 0.3) is 0 Å². The summed E-state index contributed by atoms with van der Waals surface area (Å²) in [6.07, 6.45) is 2.14. The van der Waals surface area contributed by atoms with Gasteiger partial charge in [0, 0.05) is 24.8 Å². The van der Waals surface area contributed by atoms with Crippen LogP contribution in [0.4, 0.5) is 10.5 Å². The molecule has 5 heteroatoms. The Hall–Kier alpha value is -2.04. The molecule has 0 N–H and O–H groups in total. The van der Waals surface area contributed by atoms with Gasteiger partial charge in [0.2, 0.25) is 5.91 Å². The van der Waals surface area contributed by atoms with Gasteiger partial charge in [-0.1, -0.05) is 25.1 Å². The second-order valence-corrected chi connectivity index (χ2v) is 7.93. The minimum Gasteiger partial charge on any atom is -0.444 e. The van der Waals surface area contributed by atoms with Gasteiger partial charge in [-0.3, -0.25) is 4.79 Å². The van der Waals surface area contributed by atoms with E-state index < -0.39 is 5.60 Å². The number of nitrogens with zero attached hydrogens (tertiary/aromatic N) is 2. The van der Waals surface area contributed by atoms with Crippen LogP contribution in [0.5, 0.6) is 0 Å². The Morgan fingerprint density at radius 2 is 1.84 bits per heavy atom. The van der Waals surface area contributed by atoms with E-state index in [1.807, 2.05) is 43.9 Å². The van der Waals surface area contributed by atoms with Crippen LogP contribution in [0.15, 0.2) is 24.3 Å². The van der Waals surface area contributed by atoms with E-state index in [1.165, 1.54) is 0 Å². The number of piperidine rings is 1. The van der Waals surface area contributed by atoms with E-state index in [2.05, 4.69) is 13.0 Å². The zero-order valence-corrected chi connectivity index (χ0v) is 15.6. The third-order valence-electron chi connectivity index (χ3n) is 5.00. The number of carbonyl (C=O) groups is 2. The van der Waals surface area contributed by atoms with Crippen molar-refractivity contribution >= 4 is 17.7 Å². The number of likely N-dealkylation sites (tertiary alicyclic amines) is 1. The van der Waals surface area contributed by atoms with Crippen molar-refractivity contribution in [3.63, 3.8) is 0 Å². The highest BCUT2D eigenvalue weighted by atomic mass is 16.6. The number of benzene rings is 1. The maximum absolute atomic E-state index is 12.9. The van der Waals surface area contributed by atoms with E-state index in [1.54, 1.807) is 4.90 Å². The van der Waals surface area contributed by atoms with Crippen LogP contribution >= 0.6 is 0 Å². The molecule has 25 heavy (non-hydrogen) atoms. The number of ether oxygens (including phenoxy) is 1. The molecule has 0 aromatic heterocycles. The molecule has 1 atom stereocenters. The Balaban J connectivity index is 1.69. The van der Waals surface area contributed by atoms with Gasteiger partial charge in [-0.25, -0.2) is 4.79 Å². The van der Waals surface area contributed by atoms with Crippen LogP contribution in [-0.4, -0.2) is 41.6 Å². The van der Waals surface area contributed by atoms with Gasteiger partial charge in [0.15, 0.2) is 0 Å². The predicted molar refractivity (Wildman–Crippen MR) is 97.8 cm³/mol. The first-order chi connectivity index (χ1) is 11.8. The minimum atomic E-state index is -0.480. The highest BCUT2D eigenvalue weighted by molar-refractivity contribution is 6.05. The lowest BCUT2D eigenvalue weighted by Crippen LogP contribution is -2.49. The normalized spacial score (nSPS) is 21.4. The molecule has 2 heterocycles. The highest BCUT2D eigenvalue weighted by Gasteiger charge is 2.41. The molecule has 1 aromatic carbocycles. The fraction of sp³-hybridized carbons (Fsp3) is 0.600. The second kappa shape index (κ2) is 6.70. The van der Waals surface area contributed by atoms with Crippen molar-refractivity contribution < 1.29 is 14.3 Å². The summed E-state index contributed by atoms with van der Waals surface area (Å²) in [6.45, 7) is 8.95. The highest BCUT2D eigenvalue weighted by Crippen LogP contribution is 2.41. The summed E-state index contributed by atoms with van der Waals surface area (Å²) in [6, 6.07) is 8.26. The van der Waals surface area contributed by atoms with Gasteiger partial charge in [-0.05, 0) is 51.7 Å². The van der Waals surface area contributed by atoms with E-state index in [9.17, 15) is 9.59 Å². The van der Waals surface area contributed by atoms with Gasteiger partial charge in [-0.15, -0.1) is 0 Å². The van der Waals surface area contributed by atoms with Crippen molar-refractivity contribution in [3.05, 3.63) is 29.8 Å². The van der Waals surface area contributed by atoms with Crippen LogP contribution in [0.2, 0.25) is 0 Å². The Bertz CT molecular complexity index is 657. The van der Waals surface area contributed by atoms with Gasteiger partial charge >= 0.3 is 6.09 Å². The minimum absolute atomic E-state index is 0.0277. The molecular formula is C20H28N2O3. The Morgan fingerprint density at radius 1 is 1.20 bits per heavy atom. The van der Waals surface area contributed by atoms with Crippen LogP contribution in [0.1, 0.15) is 58.4 Å². The first kappa shape index (κ1) is 17.8. The van der Waals surface area contributed by atoms with Crippen molar-refractivity contribution in [2.75, 3.05) is 18.0 Å². The van der Waals surface area contributed by atoms with Crippen LogP contribution in [-0.2, 0) is 9.53 Å². The van der Waals surface area contributed by atoms with Gasteiger partial charge in [-0.2, -0.15) is 0 Å². The van der Waals surface area contributed by atoms with Crippen LogP contribution in [0.25, 0.3) is 0 Å². The van der Waals surface area contributed by atoms with Crippen molar-refractivity contribution in [3.8, 4) is 0 Å². The molecule has 2 amide bonds. The van der Waals surface area contributed by atoms with E-state index in [0.29, 0.717) is 13.1 Å². The second-order valence-electron chi connectivity index (χ2n) is 7.93. The van der Waals surface area contributed by atoms with E-state index >= 15 is 0 Å². The van der Waals surface area contributed by atoms with E-state index in [4.69, 9.17) is 4.74 Å². The fourth-order valence-corrected chi connectivity index (χ4v) is 3.83. The third kappa shape index (κ3) is 3.51. The number of amides is 2. The maximum Gasteiger partial charge on any atom is 0.410 e. The van der Waals surface area contributed by atoms with Crippen molar-refractivity contribution in [2.24, 2.45) is 0 Å². The number of para-hydroxylation sites is 1. The van der Waals surface area contributed by atoms with Crippen LogP contribution < -0.4 is 4.90 Å². The molecule has 0 saturated carbocycles.